The number of nitrogens with one attached hydrogen (secondary N) is 1. The van der Waals surface area contributed by atoms with Crippen LogP contribution in [0.2, 0.25) is 0 Å². The highest BCUT2D eigenvalue weighted by Crippen LogP contribution is 2.29. The van der Waals surface area contributed by atoms with Crippen LogP contribution in [-0.2, 0) is 24.3 Å². The fraction of sp³-hybridized carbons (Fsp3) is 0.455. The van der Waals surface area contributed by atoms with E-state index in [0.717, 1.165) is 0 Å². The van der Waals surface area contributed by atoms with Gasteiger partial charge in [-0.05, 0) is 35.3 Å². The second-order valence-electron chi connectivity index (χ2n) is 4.10. The van der Waals surface area contributed by atoms with Crippen LogP contribution in [0.25, 0.3) is 0 Å². The van der Waals surface area contributed by atoms with Gasteiger partial charge in [-0.1, -0.05) is 0 Å². The number of rotatable bonds is 7. The number of aryl methyl sites for hydroxylation is 1. The summed E-state index contributed by atoms with van der Waals surface area (Å²) in [5.74, 6) is -1.95. The molecule has 0 aliphatic carbocycles. The molecule has 0 amide bonds. The molecule has 118 valence electrons. The minimum absolute atomic E-state index is 0.0173. The summed E-state index contributed by atoms with van der Waals surface area (Å²) < 4.78 is 31.5. The van der Waals surface area contributed by atoms with Crippen molar-refractivity contribution >= 4 is 49.2 Å². The molecular weight excluding hydrogens is 386 g/mol. The Balaban J connectivity index is 2.90. The number of carboxylic acids is 1. The van der Waals surface area contributed by atoms with Crippen LogP contribution in [-0.4, -0.2) is 38.6 Å². The van der Waals surface area contributed by atoms with E-state index in [0.29, 0.717) is 8.66 Å². The lowest BCUT2D eigenvalue weighted by atomic mass is 10.2. The van der Waals surface area contributed by atoms with Gasteiger partial charge in [-0.25, -0.2) is 8.42 Å². The van der Waals surface area contributed by atoms with Crippen molar-refractivity contribution in [2.24, 2.45) is 0 Å². The van der Waals surface area contributed by atoms with Gasteiger partial charge in [-0.15, -0.1) is 11.3 Å². The van der Waals surface area contributed by atoms with E-state index in [4.69, 9.17) is 5.11 Å². The molecular formula is C11H14BrNO6S2. The lowest BCUT2D eigenvalue weighted by Crippen LogP contribution is -2.41. The SMILES string of the molecule is COC(=O)CC[C@@H](NS(=O)(=O)c1cc(Br)sc1C)C(=O)O. The number of carbonyl (C=O) groups is 2. The number of aliphatic carboxylic acids is 1. The van der Waals surface area contributed by atoms with Gasteiger partial charge in [0.1, 0.15) is 6.04 Å². The van der Waals surface area contributed by atoms with Crippen LogP contribution in [0.5, 0.6) is 0 Å². The van der Waals surface area contributed by atoms with Gasteiger partial charge in [0, 0.05) is 11.3 Å². The standard InChI is InChI=1S/C11H14BrNO6S2/c1-6-8(5-9(12)20-6)21(17,18)13-7(11(15)16)3-4-10(14)19-2/h5,7,13H,3-4H2,1-2H3,(H,15,16)/t7-/m1/s1. The Morgan fingerprint density at radius 1 is 1.52 bits per heavy atom. The van der Waals surface area contributed by atoms with Crippen molar-refractivity contribution in [1.29, 1.82) is 0 Å². The highest BCUT2D eigenvalue weighted by atomic mass is 79.9. The maximum absolute atomic E-state index is 12.2. The molecule has 1 atom stereocenters. The first-order valence-electron chi connectivity index (χ1n) is 5.75. The Morgan fingerprint density at radius 3 is 2.57 bits per heavy atom. The van der Waals surface area contributed by atoms with Gasteiger partial charge < -0.3 is 9.84 Å². The molecule has 2 N–H and O–H groups in total. The first kappa shape index (κ1) is 18.1. The fourth-order valence-corrected chi connectivity index (χ4v) is 5.18. The summed E-state index contributed by atoms with van der Waals surface area (Å²) in [6, 6.07) is 0.00818. The van der Waals surface area contributed by atoms with E-state index in [-0.39, 0.29) is 17.7 Å². The van der Waals surface area contributed by atoms with Crippen LogP contribution in [0.4, 0.5) is 0 Å². The molecule has 0 aromatic carbocycles. The van der Waals surface area contributed by atoms with E-state index in [1.165, 1.54) is 24.5 Å². The lowest BCUT2D eigenvalue weighted by Gasteiger charge is -2.14. The number of hydrogen-bond acceptors (Lipinski definition) is 6. The lowest BCUT2D eigenvalue weighted by molar-refractivity contribution is -0.142. The summed E-state index contributed by atoms with van der Waals surface area (Å²) in [5, 5.41) is 9.06. The quantitative estimate of drug-likeness (QED) is 0.672. The number of carboxylic acid groups (broad SMARTS) is 1. The van der Waals surface area contributed by atoms with Crippen molar-refractivity contribution in [3.63, 3.8) is 0 Å². The van der Waals surface area contributed by atoms with Gasteiger partial charge in [0.05, 0.1) is 15.8 Å². The minimum Gasteiger partial charge on any atom is -0.480 e. The zero-order valence-corrected chi connectivity index (χ0v) is 14.5. The number of esters is 1. The summed E-state index contributed by atoms with van der Waals surface area (Å²) in [6.45, 7) is 1.62. The van der Waals surface area contributed by atoms with Gasteiger partial charge >= 0.3 is 11.9 Å². The number of carbonyl (C=O) groups excluding carboxylic acids is 1. The molecule has 21 heavy (non-hydrogen) atoms. The predicted octanol–water partition coefficient (Wildman–Crippen LogP) is 1.50. The molecule has 0 fully saturated rings. The highest BCUT2D eigenvalue weighted by Gasteiger charge is 2.28. The van der Waals surface area contributed by atoms with Crippen LogP contribution < -0.4 is 4.72 Å². The summed E-state index contributed by atoms with van der Waals surface area (Å²) in [4.78, 5) is 22.7. The Bertz CT molecular complexity index is 639. The molecule has 7 nitrogen and oxygen atoms in total. The molecule has 1 aromatic rings. The summed E-state index contributed by atoms with van der Waals surface area (Å²) in [7, 11) is -2.80. The second-order valence-corrected chi connectivity index (χ2v) is 8.42. The molecule has 0 radical (unpaired) electrons. The Hall–Kier alpha value is -0.970. The normalized spacial score (nSPS) is 12.9. The maximum Gasteiger partial charge on any atom is 0.321 e. The van der Waals surface area contributed by atoms with Crippen molar-refractivity contribution in [2.45, 2.75) is 30.7 Å². The Labute approximate surface area is 134 Å². The molecule has 0 saturated heterocycles. The molecule has 0 saturated carbocycles. The summed E-state index contributed by atoms with van der Waals surface area (Å²) in [6.07, 6.45) is -0.381. The van der Waals surface area contributed by atoms with E-state index >= 15 is 0 Å². The Morgan fingerprint density at radius 2 is 2.14 bits per heavy atom. The van der Waals surface area contributed by atoms with Crippen molar-refractivity contribution < 1.29 is 27.9 Å². The average Bonchev–Trinajstić information content (AvgIpc) is 2.73. The highest BCUT2D eigenvalue weighted by molar-refractivity contribution is 9.11. The van der Waals surface area contributed by atoms with Crippen molar-refractivity contribution in [3.05, 3.63) is 14.7 Å². The summed E-state index contributed by atoms with van der Waals surface area (Å²) >= 11 is 4.41. The molecule has 1 aromatic heterocycles. The molecule has 1 heterocycles. The van der Waals surface area contributed by atoms with Crippen molar-refractivity contribution in [3.8, 4) is 0 Å². The first-order chi connectivity index (χ1) is 9.67. The van der Waals surface area contributed by atoms with E-state index in [1.807, 2.05) is 0 Å². The van der Waals surface area contributed by atoms with Crippen LogP contribution >= 0.6 is 27.3 Å². The van der Waals surface area contributed by atoms with Crippen LogP contribution in [0.3, 0.4) is 0 Å². The predicted molar refractivity (Wildman–Crippen MR) is 79.8 cm³/mol. The first-order valence-corrected chi connectivity index (χ1v) is 8.84. The zero-order valence-electron chi connectivity index (χ0n) is 11.3. The zero-order chi connectivity index (χ0) is 16.2. The van der Waals surface area contributed by atoms with Gasteiger partial charge in [-0.3, -0.25) is 9.59 Å². The molecule has 0 bridgehead atoms. The number of sulfonamides is 1. The third kappa shape index (κ3) is 5.06. The van der Waals surface area contributed by atoms with Crippen LogP contribution in [0.1, 0.15) is 17.7 Å². The van der Waals surface area contributed by atoms with Gasteiger partial charge in [0.25, 0.3) is 0 Å². The topological polar surface area (TPSA) is 110 Å². The third-order valence-electron chi connectivity index (χ3n) is 2.59. The number of halogens is 1. The average molecular weight is 400 g/mol. The Kier molecular flexibility index (Phi) is 6.32. The minimum atomic E-state index is -3.97. The van der Waals surface area contributed by atoms with E-state index in [9.17, 15) is 18.0 Å². The van der Waals surface area contributed by atoms with Gasteiger partial charge in [-0.2, -0.15) is 4.72 Å². The van der Waals surface area contributed by atoms with Crippen LogP contribution in [0.15, 0.2) is 14.7 Å². The molecule has 10 heteroatoms. The molecule has 0 spiro atoms. The number of ether oxygens (including phenoxy) is 1. The van der Waals surface area contributed by atoms with Crippen molar-refractivity contribution in [1.82, 2.24) is 4.72 Å². The van der Waals surface area contributed by atoms with Gasteiger partial charge in [0.2, 0.25) is 10.0 Å². The number of methoxy groups -OCH3 is 1. The molecule has 0 unspecified atom stereocenters. The van der Waals surface area contributed by atoms with E-state index in [1.54, 1.807) is 6.92 Å². The number of thiophene rings is 1. The third-order valence-corrected chi connectivity index (χ3v) is 5.87. The van der Waals surface area contributed by atoms with E-state index < -0.39 is 28.0 Å². The molecule has 1 rings (SSSR count). The second kappa shape index (κ2) is 7.34. The van der Waals surface area contributed by atoms with Crippen LogP contribution in [0, 0.1) is 6.92 Å². The fourth-order valence-electron chi connectivity index (χ4n) is 1.55. The monoisotopic (exact) mass is 399 g/mol. The molecule has 0 aliphatic rings. The largest absolute Gasteiger partial charge is 0.480 e. The van der Waals surface area contributed by atoms with Gasteiger partial charge in [0.15, 0.2) is 0 Å². The van der Waals surface area contributed by atoms with E-state index in [2.05, 4.69) is 25.4 Å². The van der Waals surface area contributed by atoms with Crippen molar-refractivity contribution in [2.75, 3.05) is 7.11 Å². The number of hydrogen-bond donors (Lipinski definition) is 2. The molecule has 0 aliphatic heterocycles. The maximum atomic E-state index is 12.2. The smallest absolute Gasteiger partial charge is 0.321 e. The summed E-state index contributed by atoms with van der Waals surface area (Å²) in [5.41, 5.74) is 0.